The van der Waals surface area contributed by atoms with Crippen LogP contribution in [0.3, 0.4) is 0 Å². The highest BCUT2D eigenvalue weighted by atomic mass is 32.2. The zero-order valence-corrected chi connectivity index (χ0v) is 26.6. The van der Waals surface area contributed by atoms with E-state index in [4.69, 9.17) is 9.47 Å². The number of amides is 2. The van der Waals surface area contributed by atoms with Crippen molar-refractivity contribution in [3.63, 3.8) is 0 Å². The predicted molar refractivity (Wildman–Crippen MR) is 172 cm³/mol. The topological polar surface area (TPSA) is 105 Å². The van der Waals surface area contributed by atoms with Crippen LogP contribution in [0.4, 0.5) is 5.69 Å². The average Bonchev–Trinajstić information content (AvgIpc) is 3.54. The van der Waals surface area contributed by atoms with Gasteiger partial charge in [-0.05, 0) is 54.7 Å². The highest BCUT2D eigenvalue weighted by molar-refractivity contribution is 7.92. The van der Waals surface area contributed by atoms with Crippen LogP contribution >= 0.6 is 0 Å². The summed E-state index contributed by atoms with van der Waals surface area (Å²) in [5.41, 5.74) is 2.24. The number of carbonyl (C=O) groups is 2. The van der Waals surface area contributed by atoms with Crippen molar-refractivity contribution in [2.24, 2.45) is 0 Å². The van der Waals surface area contributed by atoms with E-state index >= 15 is 0 Å². The Kier molecular flexibility index (Phi) is 11.7. The van der Waals surface area contributed by atoms with Crippen LogP contribution in [0.25, 0.3) is 0 Å². The minimum absolute atomic E-state index is 0.0575. The molecule has 3 aromatic carbocycles. The van der Waals surface area contributed by atoms with Crippen molar-refractivity contribution in [1.29, 1.82) is 0 Å². The number of nitrogens with zero attached hydrogens (tertiary/aromatic N) is 2. The molecule has 2 amide bonds. The fourth-order valence-electron chi connectivity index (χ4n) is 5.66. The van der Waals surface area contributed by atoms with Crippen LogP contribution in [0.5, 0.6) is 11.5 Å². The number of hydrogen-bond donors (Lipinski definition) is 1. The van der Waals surface area contributed by atoms with Crippen molar-refractivity contribution in [2.75, 3.05) is 31.3 Å². The van der Waals surface area contributed by atoms with E-state index in [1.807, 2.05) is 54.6 Å². The van der Waals surface area contributed by atoms with Crippen molar-refractivity contribution in [2.45, 2.75) is 63.6 Å². The molecule has 1 saturated carbocycles. The Morgan fingerprint density at radius 2 is 1.52 bits per heavy atom. The number of nitrogens with one attached hydrogen (secondary N) is 1. The molecule has 236 valence electrons. The number of rotatable bonds is 15. The molecule has 4 rings (SSSR count). The number of benzene rings is 3. The third-order valence-corrected chi connectivity index (χ3v) is 9.15. The van der Waals surface area contributed by atoms with Crippen molar-refractivity contribution in [1.82, 2.24) is 10.2 Å². The molecule has 3 aromatic rings. The predicted octanol–water partition coefficient (Wildman–Crippen LogP) is 4.95. The van der Waals surface area contributed by atoms with Crippen molar-refractivity contribution in [3.8, 4) is 11.5 Å². The summed E-state index contributed by atoms with van der Waals surface area (Å²) in [6, 6.07) is 23.3. The van der Waals surface area contributed by atoms with Gasteiger partial charge in [-0.3, -0.25) is 13.9 Å². The molecule has 1 unspecified atom stereocenters. The van der Waals surface area contributed by atoms with Crippen LogP contribution in [-0.4, -0.2) is 64.2 Å². The summed E-state index contributed by atoms with van der Waals surface area (Å²) >= 11 is 0. The van der Waals surface area contributed by atoms with Gasteiger partial charge in [0.05, 0.1) is 26.2 Å². The first kappa shape index (κ1) is 32.9. The number of anilines is 1. The molecule has 44 heavy (non-hydrogen) atoms. The molecular formula is C34H43N3O6S. The third-order valence-electron chi connectivity index (χ3n) is 7.95. The monoisotopic (exact) mass is 621 g/mol. The lowest BCUT2D eigenvalue weighted by Crippen LogP contribution is -2.52. The average molecular weight is 622 g/mol. The lowest BCUT2D eigenvalue weighted by atomic mass is 10.0. The van der Waals surface area contributed by atoms with E-state index in [0.29, 0.717) is 23.6 Å². The zero-order chi connectivity index (χ0) is 31.5. The van der Waals surface area contributed by atoms with Gasteiger partial charge in [0.15, 0.2) is 0 Å². The molecule has 0 spiro atoms. The van der Waals surface area contributed by atoms with Crippen LogP contribution < -0.4 is 19.1 Å². The van der Waals surface area contributed by atoms with Gasteiger partial charge in [-0.2, -0.15) is 0 Å². The summed E-state index contributed by atoms with van der Waals surface area (Å²) in [6.45, 7) is 0.305. The van der Waals surface area contributed by atoms with Gasteiger partial charge < -0.3 is 19.7 Å². The first-order valence-corrected chi connectivity index (χ1v) is 16.9. The van der Waals surface area contributed by atoms with Gasteiger partial charge in [0, 0.05) is 38.0 Å². The molecule has 0 aliphatic heterocycles. The first-order valence-electron chi connectivity index (χ1n) is 15.1. The molecule has 1 atom stereocenters. The van der Waals surface area contributed by atoms with Gasteiger partial charge in [-0.1, -0.05) is 61.4 Å². The standard InChI is InChI=1S/C34H43N3O6S/c1-42-30-18-9-14-27(22-30)25-36(32(23-26-12-5-4-6-13-26)34(39)35-28-15-7-8-16-28)33(38)20-11-21-37(44(3,40)41)29-17-10-19-31(24-29)43-2/h4-6,9-10,12-14,17-19,22,24,28,32H,7-8,11,15-16,20-21,23,25H2,1-3H3,(H,35,39). The second-order valence-electron chi connectivity index (χ2n) is 11.2. The maximum atomic E-state index is 14.1. The van der Waals surface area contributed by atoms with E-state index < -0.39 is 16.1 Å². The SMILES string of the molecule is COc1cccc(CN(C(=O)CCCN(c2cccc(OC)c2)S(C)(=O)=O)C(Cc2ccccc2)C(=O)NC2CCCC2)c1. The van der Waals surface area contributed by atoms with E-state index in [0.717, 1.165) is 43.1 Å². The Bertz CT molecular complexity index is 1490. The van der Waals surface area contributed by atoms with Gasteiger partial charge in [0.25, 0.3) is 0 Å². The summed E-state index contributed by atoms with van der Waals surface area (Å²) in [7, 11) is -0.516. The summed E-state index contributed by atoms with van der Waals surface area (Å²) in [5, 5.41) is 3.21. The summed E-state index contributed by atoms with van der Waals surface area (Å²) < 4.78 is 37.4. The summed E-state index contributed by atoms with van der Waals surface area (Å²) in [6.07, 6.45) is 5.83. The van der Waals surface area contributed by atoms with E-state index in [9.17, 15) is 18.0 Å². The minimum atomic E-state index is -3.63. The third kappa shape index (κ3) is 9.22. The molecule has 0 aromatic heterocycles. The van der Waals surface area contributed by atoms with E-state index in [1.165, 1.54) is 11.4 Å². The van der Waals surface area contributed by atoms with Gasteiger partial charge in [-0.15, -0.1) is 0 Å². The smallest absolute Gasteiger partial charge is 0.243 e. The van der Waals surface area contributed by atoms with Crippen LogP contribution in [0.1, 0.15) is 49.7 Å². The Morgan fingerprint density at radius 1 is 0.886 bits per heavy atom. The number of ether oxygens (including phenoxy) is 2. The largest absolute Gasteiger partial charge is 0.497 e. The maximum Gasteiger partial charge on any atom is 0.243 e. The lowest BCUT2D eigenvalue weighted by Gasteiger charge is -2.33. The molecule has 1 fully saturated rings. The molecule has 9 nitrogen and oxygen atoms in total. The quantitative estimate of drug-likeness (QED) is 0.258. The first-order chi connectivity index (χ1) is 21.2. The van der Waals surface area contributed by atoms with E-state index in [1.54, 1.807) is 36.3 Å². The van der Waals surface area contributed by atoms with Gasteiger partial charge in [0.1, 0.15) is 17.5 Å². The fourth-order valence-corrected chi connectivity index (χ4v) is 6.62. The minimum Gasteiger partial charge on any atom is -0.497 e. The Balaban J connectivity index is 1.60. The molecule has 10 heteroatoms. The molecule has 0 saturated heterocycles. The van der Waals surface area contributed by atoms with Crippen LogP contribution in [-0.2, 0) is 32.6 Å². The lowest BCUT2D eigenvalue weighted by molar-refractivity contribution is -0.141. The molecule has 1 aliphatic carbocycles. The number of sulfonamides is 1. The van der Waals surface area contributed by atoms with Crippen LogP contribution in [0.2, 0.25) is 0 Å². The molecule has 0 heterocycles. The van der Waals surface area contributed by atoms with Gasteiger partial charge in [0.2, 0.25) is 21.8 Å². The number of carbonyl (C=O) groups excluding carboxylic acids is 2. The Hall–Kier alpha value is -4.05. The maximum absolute atomic E-state index is 14.1. The second-order valence-corrected chi connectivity index (χ2v) is 13.1. The highest BCUT2D eigenvalue weighted by Crippen LogP contribution is 2.25. The van der Waals surface area contributed by atoms with Gasteiger partial charge in [-0.25, -0.2) is 8.42 Å². The number of methoxy groups -OCH3 is 2. The van der Waals surface area contributed by atoms with Crippen LogP contribution in [0, 0.1) is 0 Å². The van der Waals surface area contributed by atoms with Crippen molar-refractivity contribution >= 4 is 27.5 Å². The fraction of sp³-hybridized carbons (Fsp3) is 0.412. The number of hydrogen-bond acceptors (Lipinski definition) is 6. The van der Waals surface area contributed by atoms with Gasteiger partial charge >= 0.3 is 0 Å². The highest BCUT2D eigenvalue weighted by Gasteiger charge is 2.32. The van der Waals surface area contributed by atoms with Crippen molar-refractivity contribution in [3.05, 3.63) is 90.0 Å². The second kappa shape index (κ2) is 15.6. The molecular weight excluding hydrogens is 578 g/mol. The Labute approximate surface area is 261 Å². The molecule has 1 N–H and O–H groups in total. The summed E-state index contributed by atoms with van der Waals surface area (Å²) in [4.78, 5) is 29.6. The van der Waals surface area contributed by atoms with Crippen LogP contribution in [0.15, 0.2) is 78.9 Å². The molecule has 1 aliphatic rings. The molecule has 0 radical (unpaired) electrons. The zero-order valence-electron chi connectivity index (χ0n) is 25.8. The summed E-state index contributed by atoms with van der Waals surface area (Å²) in [5.74, 6) is 0.793. The van der Waals surface area contributed by atoms with Crippen molar-refractivity contribution < 1.29 is 27.5 Å². The molecule has 0 bridgehead atoms. The van der Waals surface area contributed by atoms with E-state index in [-0.39, 0.29) is 43.8 Å². The normalized spacial score (nSPS) is 14.1. The van der Waals surface area contributed by atoms with E-state index in [2.05, 4.69) is 5.32 Å². The Morgan fingerprint density at radius 3 is 2.18 bits per heavy atom.